The van der Waals surface area contributed by atoms with Gasteiger partial charge in [-0.3, -0.25) is 0 Å². The maximum atomic E-state index is 9.58. The second-order valence-electron chi connectivity index (χ2n) is 4.05. The van der Waals surface area contributed by atoms with Crippen LogP contribution in [0.5, 0.6) is 0 Å². The molecule has 0 amide bonds. The predicted octanol–water partition coefficient (Wildman–Crippen LogP) is -0.468. The highest BCUT2D eigenvalue weighted by atomic mass is 16.5. The first kappa shape index (κ1) is 16.3. The Bertz CT molecular complexity index is 202. The van der Waals surface area contributed by atoms with Crippen LogP contribution in [0.1, 0.15) is 12.8 Å². The van der Waals surface area contributed by atoms with Gasteiger partial charge in [0.15, 0.2) is 0 Å². The molecule has 0 aromatic carbocycles. The predicted molar refractivity (Wildman–Crippen MR) is 68.4 cm³/mol. The summed E-state index contributed by atoms with van der Waals surface area (Å²) in [7, 11) is 0. The number of hydrogen-bond donors (Lipinski definition) is 4. The monoisotopic (exact) mass is 244 g/mol. The normalized spacial score (nSPS) is 18.1. The number of aliphatic hydroxyl groups is 2. The molecule has 0 aliphatic heterocycles. The van der Waals surface area contributed by atoms with E-state index in [0.717, 1.165) is 0 Å². The molecule has 0 bridgehead atoms. The van der Waals surface area contributed by atoms with Gasteiger partial charge in [-0.1, -0.05) is 12.2 Å². The number of aliphatic hydroxyl groups excluding tert-OH is 2. The molecule has 0 aromatic rings. The minimum absolute atomic E-state index is 0.0763. The molecule has 0 aliphatic rings. The Morgan fingerprint density at radius 2 is 1.29 bits per heavy atom. The standard InChI is InChI=1S/C12H24N2O3/c1-3-5-9(13)11(15)7-17-8-12(16)10(14)6-4-2/h3-4,9-12,15-16H,1-2,5-8,13-14H2. The summed E-state index contributed by atoms with van der Waals surface area (Å²) >= 11 is 0. The minimum Gasteiger partial charge on any atom is -0.389 e. The Balaban J connectivity index is 3.74. The van der Waals surface area contributed by atoms with Gasteiger partial charge in [0.25, 0.3) is 0 Å². The summed E-state index contributed by atoms with van der Waals surface area (Å²) < 4.78 is 5.16. The van der Waals surface area contributed by atoms with E-state index in [1.807, 2.05) is 0 Å². The van der Waals surface area contributed by atoms with Gasteiger partial charge in [0.05, 0.1) is 25.4 Å². The lowest BCUT2D eigenvalue weighted by atomic mass is 10.1. The maximum Gasteiger partial charge on any atom is 0.0927 e. The van der Waals surface area contributed by atoms with Crippen LogP contribution in [-0.2, 0) is 4.74 Å². The van der Waals surface area contributed by atoms with Crippen molar-refractivity contribution in [1.82, 2.24) is 0 Å². The first-order valence-corrected chi connectivity index (χ1v) is 5.69. The molecule has 17 heavy (non-hydrogen) atoms. The van der Waals surface area contributed by atoms with E-state index in [-0.39, 0.29) is 13.2 Å². The summed E-state index contributed by atoms with van der Waals surface area (Å²) in [6.45, 7) is 7.23. The van der Waals surface area contributed by atoms with Crippen molar-refractivity contribution >= 4 is 0 Å². The Hall–Kier alpha value is -0.720. The Morgan fingerprint density at radius 1 is 0.941 bits per heavy atom. The SMILES string of the molecule is C=CCC(N)C(O)COCC(O)C(N)CC=C. The molecule has 0 fully saturated rings. The molecule has 100 valence electrons. The van der Waals surface area contributed by atoms with Crippen molar-refractivity contribution in [3.8, 4) is 0 Å². The third-order valence-electron chi connectivity index (χ3n) is 2.44. The molecule has 0 aromatic heterocycles. The molecule has 0 aliphatic carbocycles. The first-order valence-electron chi connectivity index (χ1n) is 5.69. The van der Waals surface area contributed by atoms with Gasteiger partial charge >= 0.3 is 0 Å². The van der Waals surface area contributed by atoms with Gasteiger partial charge < -0.3 is 26.4 Å². The van der Waals surface area contributed by atoms with Gasteiger partial charge in [-0.15, -0.1) is 13.2 Å². The Labute approximate surface area is 103 Å². The fraction of sp³-hybridized carbons (Fsp3) is 0.667. The molecule has 0 spiro atoms. The second-order valence-corrected chi connectivity index (χ2v) is 4.05. The summed E-state index contributed by atoms with van der Waals surface area (Å²) in [5, 5.41) is 19.2. The highest BCUT2D eigenvalue weighted by molar-refractivity contribution is 4.82. The summed E-state index contributed by atoms with van der Waals surface area (Å²) in [5.74, 6) is 0. The minimum atomic E-state index is -0.768. The second kappa shape index (κ2) is 9.32. The molecule has 4 atom stereocenters. The van der Waals surface area contributed by atoms with E-state index in [0.29, 0.717) is 12.8 Å². The van der Waals surface area contributed by atoms with E-state index in [4.69, 9.17) is 16.2 Å². The average molecular weight is 244 g/mol. The fourth-order valence-corrected chi connectivity index (χ4v) is 1.26. The van der Waals surface area contributed by atoms with Crippen molar-refractivity contribution in [2.75, 3.05) is 13.2 Å². The van der Waals surface area contributed by atoms with Gasteiger partial charge in [0.1, 0.15) is 0 Å². The molecule has 4 unspecified atom stereocenters. The van der Waals surface area contributed by atoms with Crippen molar-refractivity contribution in [3.05, 3.63) is 25.3 Å². The molecule has 0 radical (unpaired) electrons. The van der Waals surface area contributed by atoms with E-state index < -0.39 is 24.3 Å². The maximum absolute atomic E-state index is 9.58. The van der Waals surface area contributed by atoms with Gasteiger partial charge in [-0.2, -0.15) is 0 Å². The third kappa shape index (κ3) is 7.25. The van der Waals surface area contributed by atoms with E-state index in [2.05, 4.69) is 13.2 Å². The highest BCUT2D eigenvalue weighted by Gasteiger charge is 2.16. The van der Waals surface area contributed by atoms with Crippen LogP contribution in [0, 0.1) is 0 Å². The van der Waals surface area contributed by atoms with Crippen LogP contribution < -0.4 is 11.5 Å². The average Bonchev–Trinajstić information content (AvgIpc) is 2.29. The fourth-order valence-electron chi connectivity index (χ4n) is 1.26. The first-order chi connectivity index (χ1) is 8.02. The Morgan fingerprint density at radius 3 is 1.59 bits per heavy atom. The van der Waals surface area contributed by atoms with E-state index in [1.165, 1.54) is 0 Å². The van der Waals surface area contributed by atoms with Crippen molar-refractivity contribution in [3.63, 3.8) is 0 Å². The number of nitrogens with two attached hydrogens (primary N) is 2. The summed E-state index contributed by atoms with van der Waals surface area (Å²) in [6.07, 6.45) is 2.78. The Kier molecular flexibility index (Phi) is 8.93. The van der Waals surface area contributed by atoms with E-state index in [9.17, 15) is 10.2 Å². The smallest absolute Gasteiger partial charge is 0.0927 e. The summed E-state index contributed by atoms with van der Waals surface area (Å²) in [6, 6.07) is -0.794. The van der Waals surface area contributed by atoms with Gasteiger partial charge in [-0.25, -0.2) is 0 Å². The third-order valence-corrected chi connectivity index (χ3v) is 2.44. The molecule has 0 rings (SSSR count). The molecular weight excluding hydrogens is 220 g/mol. The largest absolute Gasteiger partial charge is 0.389 e. The van der Waals surface area contributed by atoms with Gasteiger partial charge in [-0.05, 0) is 12.8 Å². The van der Waals surface area contributed by atoms with Crippen molar-refractivity contribution in [2.24, 2.45) is 11.5 Å². The van der Waals surface area contributed by atoms with Crippen LogP contribution in [-0.4, -0.2) is 47.7 Å². The lowest BCUT2D eigenvalue weighted by Gasteiger charge is -2.20. The van der Waals surface area contributed by atoms with Crippen molar-refractivity contribution in [2.45, 2.75) is 37.1 Å². The van der Waals surface area contributed by atoms with Crippen LogP contribution in [0.2, 0.25) is 0 Å². The van der Waals surface area contributed by atoms with Crippen LogP contribution in [0.25, 0.3) is 0 Å². The topological polar surface area (TPSA) is 102 Å². The zero-order chi connectivity index (χ0) is 13.3. The van der Waals surface area contributed by atoms with Crippen LogP contribution in [0.15, 0.2) is 25.3 Å². The quantitative estimate of drug-likeness (QED) is 0.389. The van der Waals surface area contributed by atoms with Gasteiger partial charge in [0, 0.05) is 12.1 Å². The summed E-state index contributed by atoms with van der Waals surface area (Å²) in [5.41, 5.74) is 11.3. The molecule has 6 N–H and O–H groups in total. The van der Waals surface area contributed by atoms with Gasteiger partial charge in [0.2, 0.25) is 0 Å². The van der Waals surface area contributed by atoms with Crippen LogP contribution >= 0.6 is 0 Å². The molecule has 5 heteroatoms. The molecule has 0 saturated carbocycles. The molecule has 5 nitrogen and oxygen atoms in total. The van der Waals surface area contributed by atoms with Crippen LogP contribution in [0.4, 0.5) is 0 Å². The van der Waals surface area contributed by atoms with Crippen molar-refractivity contribution in [1.29, 1.82) is 0 Å². The van der Waals surface area contributed by atoms with Crippen molar-refractivity contribution < 1.29 is 14.9 Å². The molecular formula is C12H24N2O3. The summed E-state index contributed by atoms with van der Waals surface area (Å²) in [4.78, 5) is 0. The number of rotatable bonds is 10. The number of hydrogen-bond acceptors (Lipinski definition) is 5. The zero-order valence-corrected chi connectivity index (χ0v) is 10.2. The molecule has 0 saturated heterocycles. The lowest BCUT2D eigenvalue weighted by molar-refractivity contribution is -0.0208. The van der Waals surface area contributed by atoms with E-state index in [1.54, 1.807) is 12.2 Å². The van der Waals surface area contributed by atoms with E-state index >= 15 is 0 Å². The number of ether oxygens (including phenoxy) is 1. The zero-order valence-electron chi connectivity index (χ0n) is 10.2. The highest BCUT2D eigenvalue weighted by Crippen LogP contribution is 2.01. The molecule has 0 heterocycles. The van der Waals surface area contributed by atoms with Crippen LogP contribution in [0.3, 0.4) is 0 Å². The lowest BCUT2D eigenvalue weighted by Crippen LogP contribution is -2.41.